The van der Waals surface area contributed by atoms with Crippen LogP contribution in [0.3, 0.4) is 0 Å². The molecule has 0 atom stereocenters. The number of hydrogen-bond acceptors (Lipinski definition) is 3. The number of aliphatic hydroxyl groups is 1. The van der Waals surface area contributed by atoms with Gasteiger partial charge in [-0.3, -0.25) is 0 Å². The predicted octanol–water partition coefficient (Wildman–Crippen LogP) is 2.63. The molecule has 1 aromatic rings. The van der Waals surface area contributed by atoms with Crippen LogP contribution in [0.2, 0.25) is 0 Å². The molecule has 2 rings (SSSR count). The molecule has 1 aliphatic carbocycles. The van der Waals surface area contributed by atoms with Crippen molar-refractivity contribution in [3.05, 3.63) is 29.6 Å². The molecule has 0 saturated heterocycles. The minimum absolute atomic E-state index is 0.0155. The summed E-state index contributed by atoms with van der Waals surface area (Å²) >= 11 is 0. The van der Waals surface area contributed by atoms with E-state index in [0.717, 1.165) is 25.7 Å². The molecule has 1 fully saturated rings. The number of halogens is 1. The number of nitrogens with zero attached hydrogens (tertiary/aromatic N) is 1. The molecule has 1 aromatic carbocycles. The lowest BCUT2D eigenvalue weighted by Crippen LogP contribution is -2.25. The van der Waals surface area contributed by atoms with Crippen LogP contribution in [0, 0.1) is 23.1 Å². The molecule has 1 N–H and O–H groups in total. The first-order chi connectivity index (χ1) is 8.74. The van der Waals surface area contributed by atoms with E-state index in [2.05, 4.69) is 0 Å². The Morgan fingerprint density at radius 3 is 2.67 bits per heavy atom. The monoisotopic (exact) mass is 249 g/mol. The Hall–Kier alpha value is -1.60. The van der Waals surface area contributed by atoms with Gasteiger partial charge in [-0.25, -0.2) is 4.39 Å². The molecule has 0 unspecified atom stereocenters. The second kappa shape index (κ2) is 5.83. The second-order valence-electron chi connectivity index (χ2n) is 4.67. The lowest BCUT2D eigenvalue weighted by Gasteiger charge is -2.28. The van der Waals surface area contributed by atoms with Gasteiger partial charge in [-0.15, -0.1) is 0 Å². The first-order valence-electron chi connectivity index (χ1n) is 6.20. The lowest BCUT2D eigenvalue weighted by molar-refractivity contribution is 0.103. The fraction of sp³-hybridized carbons (Fsp3) is 0.500. The van der Waals surface area contributed by atoms with Gasteiger partial charge in [-0.2, -0.15) is 5.26 Å². The van der Waals surface area contributed by atoms with Gasteiger partial charge in [0.2, 0.25) is 0 Å². The van der Waals surface area contributed by atoms with Gasteiger partial charge in [0.1, 0.15) is 23.2 Å². The zero-order chi connectivity index (χ0) is 13.0. The normalized spacial score (nSPS) is 23.4. The fourth-order valence-corrected chi connectivity index (χ4v) is 2.32. The average Bonchev–Trinajstić information content (AvgIpc) is 2.40. The average molecular weight is 249 g/mol. The minimum Gasteiger partial charge on any atom is -0.489 e. The van der Waals surface area contributed by atoms with Gasteiger partial charge < -0.3 is 9.84 Å². The van der Waals surface area contributed by atoms with Gasteiger partial charge >= 0.3 is 0 Å². The summed E-state index contributed by atoms with van der Waals surface area (Å²) in [7, 11) is 0. The van der Waals surface area contributed by atoms with Crippen LogP contribution in [-0.2, 0) is 0 Å². The largest absolute Gasteiger partial charge is 0.489 e. The van der Waals surface area contributed by atoms with Crippen LogP contribution in [0.1, 0.15) is 31.2 Å². The summed E-state index contributed by atoms with van der Waals surface area (Å²) in [5.74, 6) is 0.136. The van der Waals surface area contributed by atoms with Gasteiger partial charge in [0.05, 0.1) is 6.10 Å². The minimum atomic E-state index is -0.543. The maximum absolute atomic E-state index is 13.4. The fourth-order valence-electron chi connectivity index (χ4n) is 2.32. The van der Waals surface area contributed by atoms with E-state index in [9.17, 15) is 4.39 Å². The molecule has 1 aliphatic rings. The van der Waals surface area contributed by atoms with E-state index in [-0.39, 0.29) is 18.3 Å². The molecule has 0 aromatic heterocycles. The van der Waals surface area contributed by atoms with E-state index in [1.807, 2.05) is 6.07 Å². The molecule has 18 heavy (non-hydrogen) atoms. The van der Waals surface area contributed by atoms with Crippen molar-refractivity contribution in [1.29, 1.82) is 5.26 Å². The second-order valence-corrected chi connectivity index (χ2v) is 4.67. The molecule has 0 aliphatic heterocycles. The van der Waals surface area contributed by atoms with Gasteiger partial charge in [0.25, 0.3) is 0 Å². The summed E-state index contributed by atoms with van der Waals surface area (Å²) in [6, 6.07) is 6.26. The van der Waals surface area contributed by atoms with Crippen LogP contribution in [0.25, 0.3) is 0 Å². The third-order valence-electron chi connectivity index (χ3n) is 3.43. The Morgan fingerprint density at radius 1 is 1.33 bits per heavy atom. The quantitative estimate of drug-likeness (QED) is 0.895. The Labute approximate surface area is 106 Å². The van der Waals surface area contributed by atoms with Crippen molar-refractivity contribution < 1.29 is 14.2 Å². The van der Waals surface area contributed by atoms with Crippen LogP contribution < -0.4 is 4.74 Å². The van der Waals surface area contributed by atoms with Crippen LogP contribution >= 0.6 is 0 Å². The molecule has 4 heteroatoms. The zero-order valence-electron chi connectivity index (χ0n) is 10.1. The van der Waals surface area contributed by atoms with E-state index in [0.29, 0.717) is 11.7 Å². The van der Waals surface area contributed by atoms with Gasteiger partial charge in [-0.05, 0) is 43.7 Å². The highest BCUT2D eigenvalue weighted by Gasteiger charge is 2.23. The molecule has 1 saturated carbocycles. The Morgan fingerprint density at radius 2 is 2.06 bits per heavy atom. The van der Waals surface area contributed by atoms with Crippen LogP contribution in [0.5, 0.6) is 5.75 Å². The number of ether oxygens (including phenoxy) is 1. The standard InChI is InChI=1S/C14H16FNO2/c15-13-2-1-3-14(12(13)8-16)18-11-6-4-10(9-17)5-7-11/h1-3,10-11,17H,4-7,9H2. The van der Waals surface area contributed by atoms with E-state index in [1.54, 1.807) is 12.1 Å². The highest BCUT2D eigenvalue weighted by atomic mass is 19.1. The maximum Gasteiger partial charge on any atom is 0.144 e. The third kappa shape index (κ3) is 2.80. The third-order valence-corrected chi connectivity index (χ3v) is 3.43. The summed E-state index contributed by atoms with van der Waals surface area (Å²) in [6.07, 6.45) is 3.53. The zero-order valence-corrected chi connectivity index (χ0v) is 10.1. The Balaban J connectivity index is 2.03. The van der Waals surface area contributed by atoms with Crippen molar-refractivity contribution >= 4 is 0 Å². The van der Waals surface area contributed by atoms with Crippen molar-refractivity contribution in [1.82, 2.24) is 0 Å². The highest BCUT2D eigenvalue weighted by Crippen LogP contribution is 2.29. The molecular weight excluding hydrogens is 233 g/mol. The number of rotatable bonds is 3. The maximum atomic E-state index is 13.4. The molecule has 3 nitrogen and oxygen atoms in total. The van der Waals surface area contributed by atoms with Gasteiger partial charge in [-0.1, -0.05) is 6.07 Å². The highest BCUT2D eigenvalue weighted by molar-refractivity contribution is 5.43. The molecule has 0 heterocycles. The summed E-state index contributed by atoms with van der Waals surface area (Å²) < 4.78 is 19.1. The topological polar surface area (TPSA) is 53.2 Å². The first kappa shape index (κ1) is 12.8. The number of hydrogen-bond donors (Lipinski definition) is 1. The van der Waals surface area contributed by atoms with Crippen molar-refractivity contribution in [2.75, 3.05) is 6.61 Å². The Kier molecular flexibility index (Phi) is 4.16. The molecule has 96 valence electrons. The van der Waals surface area contributed by atoms with Crippen molar-refractivity contribution in [2.24, 2.45) is 5.92 Å². The molecule has 0 spiro atoms. The van der Waals surface area contributed by atoms with Gasteiger partial charge in [0.15, 0.2) is 0 Å². The summed E-state index contributed by atoms with van der Waals surface area (Å²) in [6.45, 7) is 0.218. The van der Waals surface area contributed by atoms with Crippen molar-refractivity contribution in [2.45, 2.75) is 31.8 Å². The van der Waals surface area contributed by atoms with Gasteiger partial charge in [0, 0.05) is 6.61 Å². The van der Waals surface area contributed by atoms with Crippen molar-refractivity contribution in [3.8, 4) is 11.8 Å². The van der Waals surface area contributed by atoms with E-state index < -0.39 is 5.82 Å². The smallest absolute Gasteiger partial charge is 0.144 e. The molecule has 0 radical (unpaired) electrons. The lowest BCUT2D eigenvalue weighted by atomic mass is 9.88. The molecular formula is C14H16FNO2. The summed E-state index contributed by atoms with van der Waals surface area (Å²) in [5.41, 5.74) is -0.0261. The predicted molar refractivity (Wildman–Crippen MR) is 64.6 cm³/mol. The first-order valence-corrected chi connectivity index (χ1v) is 6.20. The van der Waals surface area contributed by atoms with Crippen LogP contribution in [-0.4, -0.2) is 17.8 Å². The van der Waals surface area contributed by atoms with Crippen LogP contribution in [0.4, 0.5) is 4.39 Å². The van der Waals surface area contributed by atoms with Crippen LogP contribution in [0.15, 0.2) is 18.2 Å². The Bertz CT molecular complexity index is 448. The number of nitriles is 1. The van der Waals surface area contributed by atoms with E-state index >= 15 is 0 Å². The van der Waals surface area contributed by atoms with E-state index in [4.69, 9.17) is 15.1 Å². The number of aliphatic hydroxyl groups excluding tert-OH is 1. The molecule has 0 bridgehead atoms. The van der Waals surface area contributed by atoms with Crippen molar-refractivity contribution in [3.63, 3.8) is 0 Å². The number of benzene rings is 1. The molecule has 0 amide bonds. The SMILES string of the molecule is N#Cc1c(F)cccc1OC1CCC(CO)CC1. The summed E-state index contributed by atoms with van der Waals surface area (Å²) in [4.78, 5) is 0. The van der Waals surface area contributed by atoms with E-state index in [1.165, 1.54) is 6.07 Å². The summed E-state index contributed by atoms with van der Waals surface area (Å²) in [5, 5.41) is 18.0.